The molecule has 0 aromatic rings. The minimum atomic E-state index is -0.132. The molecule has 0 saturated carbocycles. The number of aliphatic hydroxyl groups is 1. The van der Waals surface area contributed by atoms with Gasteiger partial charge in [-0.2, -0.15) is 0 Å². The molecule has 1 aliphatic heterocycles. The Morgan fingerprint density at radius 3 is 2.30 bits per heavy atom. The van der Waals surface area contributed by atoms with Gasteiger partial charge in [0.2, 0.25) is 0 Å². The first-order valence-corrected chi connectivity index (χ1v) is 4.05. The first-order chi connectivity index (χ1) is 4.61. The molecule has 0 bridgehead atoms. The smallest absolute Gasteiger partial charge is 0.0705 e. The standard InChI is InChI=1S/C8H17NO/c1-5(2)7-4-8(10)6(3)9-7/h5-10H,4H2,1-3H3. The average molecular weight is 143 g/mol. The number of rotatable bonds is 1. The summed E-state index contributed by atoms with van der Waals surface area (Å²) in [5, 5.41) is 12.7. The fraction of sp³-hybridized carbons (Fsp3) is 1.00. The van der Waals surface area contributed by atoms with Crippen molar-refractivity contribution in [3.05, 3.63) is 0 Å². The van der Waals surface area contributed by atoms with Gasteiger partial charge in [0, 0.05) is 12.1 Å². The van der Waals surface area contributed by atoms with Crippen LogP contribution in [-0.4, -0.2) is 23.3 Å². The van der Waals surface area contributed by atoms with Crippen LogP contribution in [0, 0.1) is 5.92 Å². The number of nitrogens with one attached hydrogen (secondary N) is 1. The van der Waals surface area contributed by atoms with Gasteiger partial charge in [-0.3, -0.25) is 0 Å². The fourth-order valence-electron chi connectivity index (χ4n) is 1.45. The van der Waals surface area contributed by atoms with Crippen LogP contribution >= 0.6 is 0 Å². The topological polar surface area (TPSA) is 32.3 Å². The molecule has 0 amide bonds. The van der Waals surface area contributed by atoms with Crippen molar-refractivity contribution >= 4 is 0 Å². The van der Waals surface area contributed by atoms with Crippen LogP contribution in [0.5, 0.6) is 0 Å². The monoisotopic (exact) mass is 143 g/mol. The van der Waals surface area contributed by atoms with E-state index in [2.05, 4.69) is 19.2 Å². The highest BCUT2D eigenvalue weighted by Crippen LogP contribution is 2.18. The molecule has 1 rings (SSSR count). The molecule has 1 aliphatic rings. The van der Waals surface area contributed by atoms with Crippen LogP contribution < -0.4 is 5.32 Å². The zero-order valence-corrected chi connectivity index (χ0v) is 6.96. The first-order valence-electron chi connectivity index (χ1n) is 4.05. The molecule has 0 aromatic heterocycles. The third kappa shape index (κ3) is 1.50. The van der Waals surface area contributed by atoms with Crippen LogP contribution in [-0.2, 0) is 0 Å². The fourth-order valence-corrected chi connectivity index (χ4v) is 1.45. The molecule has 0 spiro atoms. The van der Waals surface area contributed by atoms with Crippen LogP contribution in [0.3, 0.4) is 0 Å². The van der Waals surface area contributed by atoms with E-state index < -0.39 is 0 Å². The number of aliphatic hydroxyl groups excluding tert-OH is 1. The van der Waals surface area contributed by atoms with Crippen molar-refractivity contribution in [2.24, 2.45) is 5.92 Å². The van der Waals surface area contributed by atoms with Crippen LogP contribution in [0.2, 0.25) is 0 Å². The number of hydrogen-bond acceptors (Lipinski definition) is 2. The second kappa shape index (κ2) is 2.89. The Kier molecular flexibility index (Phi) is 2.32. The van der Waals surface area contributed by atoms with E-state index in [-0.39, 0.29) is 12.1 Å². The van der Waals surface area contributed by atoms with E-state index in [1.54, 1.807) is 0 Å². The maximum atomic E-state index is 9.35. The summed E-state index contributed by atoms with van der Waals surface area (Å²) < 4.78 is 0. The van der Waals surface area contributed by atoms with Crippen LogP contribution in [0.4, 0.5) is 0 Å². The lowest BCUT2D eigenvalue weighted by molar-refractivity contribution is 0.163. The van der Waals surface area contributed by atoms with E-state index in [4.69, 9.17) is 0 Å². The molecular formula is C8H17NO. The quantitative estimate of drug-likeness (QED) is 0.568. The summed E-state index contributed by atoms with van der Waals surface area (Å²) in [5.74, 6) is 0.639. The van der Waals surface area contributed by atoms with Gasteiger partial charge in [0.25, 0.3) is 0 Å². The molecule has 2 heteroatoms. The highest BCUT2D eigenvalue weighted by atomic mass is 16.3. The predicted molar refractivity (Wildman–Crippen MR) is 41.8 cm³/mol. The summed E-state index contributed by atoms with van der Waals surface area (Å²) in [6, 6.07) is 0.803. The van der Waals surface area contributed by atoms with Gasteiger partial charge in [-0.1, -0.05) is 13.8 Å². The molecule has 1 heterocycles. The van der Waals surface area contributed by atoms with Crippen molar-refractivity contribution in [1.82, 2.24) is 5.32 Å². The van der Waals surface area contributed by atoms with Crippen molar-refractivity contribution < 1.29 is 5.11 Å². The lowest BCUT2D eigenvalue weighted by atomic mass is 10.0. The largest absolute Gasteiger partial charge is 0.391 e. The Bertz CT molecular complexity index is 104. The highest BCUT2D eigenvalue weighted by molar-refractivity contribution is 4.89. The van der Waals surface area contributed by atoms with Gasteiger partial charge < -0.3 is 10.4 Å². The molecule has 0 aliphatic carbocycles. The Morgan fingerprint density at radius 2 is 2.10 bits per heavy atom. The summed E-state index contributed by atoms with van der Waals surface area (Å²) in [7, 11) is 0. The molecule has 1 saturated heterocycles. The molecule has 0 radical (unpaired) electrons. The van der Waals surface area contributed by atoms with Crippen molar-refractivity contribution in [2.45, 2.75) is 45.4 Å². The summed E-state index contributed by atoms with van der Waals surface area (Å²) in [4.78, 5) is 0. The van der Waals surface area contributed by atoms with Crippen LogP contribution in [0.15, 0.2) is 0 Å². The van der Waals surface area contributed by atoms with Gasteiger partial charge in [-0.05, 0) is 19.3 Å². The normalized spacial score (nSPS) is 41.1. The van der Waals surface area contributed by atoms with Crippen LogP contribution in [0.1, 0.15) is 27.2 Å². The lowest BCUT2D eigenvalue weighted by Gasteiger charge is -2.14. The Hall–Kier alpha value is -0.0800. The first kappa shape index (κ1) is 8.02. The van der Waals surface area contributed by atoms with Gasteiger partial charge in [-0.25, -0.2) is 0 Å². The third-order valence-electron chi connectivity index (χ3n) is 2.35. The molecule has 60 valence electrons. The van der Waals surface area contributed by atoms with Gasteiger partial charge in [0.1, 0.15) is 0 Å². The van der Waals surface area contributed by atoms with Crippen molar-refractivity contribution in [2.75, 3.05) is 0 Å². The third-order valence-corrected chi connectivity index (χ3v) is 2.35. The SMILES string of the molecule is CC(C)C1CC(O)C(C)N1. The summed E-state index contributed by atoms with van der Waals surface area (Å²) in [6.07, 6.45) is 0.783. The summed E-state index contributed by atoms with van der Waals surface area (Å²) in [5.41, 5.74) is 0. The summed E-state index contributed by atoms with van der Waals surface area (Å²) >= 11 is 0. The zero-order chi connectivity index (χ0) is 7.72. The number of hydrogen-bond donors (Lipinski definition) is 2. The average Bonchev–Trinajstić information content (AvgIpc) is 2.13. The second-order valence-corrected chi connectivity index (χ2v) is 3.61. The molecule has 3 atom stereocenters. The zero-order valence-electron chi connectivity index (χ0n) is 6.96. The molecule has 2 N–H and O–H groups in total. The molecular weight excluding hydrogens is 126 g/mol. The second-order valence-electron chi connectivity index (χ2n) is 3.61. The van der Waals surface area contributed by atoms with Crippen molar-refractivity contribution in [3.8, 4) is 0 Å². The van der Waals surface area contributed by atoms with E-state index in [1.807, 2.05) is 6.92 Å². The van der Waals surface area contributed by atoms with Gasteiger partial charge >= 0.3 is 0 Å². The van der Waals surface area contributed by atoms with Crippen LogP contribution in [0.25, 0.3) is 0 Å². The lowest BCUT2D eigenvalue weighted by Crippen LogP contribution is -2.32. The maximum Gasteiger partial charge on any atom is 0.0705 e. The van der Waals surface area contributed by atoms with Gasteiger partial charge in [-0.15, -0.1) is 0 Å². The van der Waals surface area contributed by atoms with Crippen molar-refractivity contribution in [1.29, 1.82) is 0 Å². The Labute approximate surface area is 62.6 Å². The Balaban J connectivity index is 2.41. The van der Waals surface area contributed by atoms with E-state index in [1.165, 1.54) is 0 Å². The van der Waals surface area contributed by atoms with Crippen molar-refractivity contribution in [3.63, 3.8) is 0 Å². The maximum absolute atomic E-state index is 9.35. The Morgan fingerprint density at radius 1 is 1.50 bits per heavy atom. The minimum absolute atomic E-state index is 0.132. The minimum Gasteiger partial charge on any atom is -0.391 e. The molecule has 1 fully saturated rings. The van der Waals surface area contributed by atoms with E-state index in [0.29, 0.717) is 12.0 Å². The molecule has 2 nitrogen and oxygen atoms in total. The van der Waals surface area contributed by atoms with E-state index >= 15 is 0 Å². The van der Waals surface area contributed by atoms with E-state index in [9.17, 15) is 5.11 Å². The molecule has 3 unspecified atom stereocenters. The molecule has 0 aromatic carbocycles. The highest BCUT2D eigenvalue weighted by Gasteiger charge is 2.30. The molecule has 10 heavy (non-hydrogen) atoms. The summed E-state index contributed by atoms with van der Waals surface area (Å²) in [6.45, 7) is 6.40. The van der Waals surface area contributed by atoms with E-state index in [0.717, 1.165) is 6.42 Å². The van der Waals surface area contributed by atoms with Gasteiger partial charge in [0.15, 0.2) is 0 Å². The predicted octanol–water partition coefficient (Wildman–Crippen LogP) is 0.754. The van der Waals surface area contributed by atoms with Gasteiger partial charge in [0.05, 0.1) is 6.10 Å².